The average molecular weight is 395 g/mol. The van der Waals surface area contributed by atoms with Crippen molar-refractivity contribution in [3.63, 3.8) is 0 Å². The molecule has 0 aromatic carbocycles. The fraction of sp³-hybridized carbons (Fsp3) is 0.792. The summed E-state index contributed by atoms with van der Waals surface area (Å²) in [5.74, 6) is 0.111. The van der Waals surface area contributed by atoms with E-state index in [-0.39, 0.29) is 19.0 Å². The second kappa shape index (κ2) is 15.8. The van der Waals surface area contributed by atoms with Gasteiger partial charge in [-0.3, -0.25) is 0 Å². The molecule has 162 valence electrons. The van der Waals surface area contributed by atoms with Crippen molar-refractivity contribution in [1.29, 1.82) is 0 Å². The Morgan fingerprint density at radius 3 is 1.61 bits per heavy atom. The van der Waals surface area contributed by atoms with Crippen molar-refractivity contribution in [3.05, 3.63) is 23.0 Å². The van der Waals surface area contributed by atoms with Crippen LogP contribution in [-0.4, -0.2) is 15.3 Å². The van der Waals surface area contributed by atoms with E-state index in [0.717, 1.165) is 18.7 Å². The Morgan fingerprint density at radius 1 is 0.714 bits per heavy atom. The van der Waals surface area contributed by atoms with Crippen molar-refractivity contribution in [2.75, 3.05) is 0 Å². The minimum Gasteiger partial charge on any atom is -0.502 e. The smallest absolute Gasteiger partial charge is 0.220 e. The maximum Gasteiger partial charge on any atom is 0.220 e. The van der Waals surface area contributed by atoms with Crippen LogP contribution in [0, 0.1) is 6.92 Å². The van der Waals surface area contributed by atoms with Crippen LogP contribution in [0.2, 0.25) is 0 Å². The molecule has 4 nitrogen and oxygen atoms in total. The number of aromatic hydroxyl groups is 1. The van der Waals surface area contributed by atoms with Crippen molar-refractivity contribution in [2.45, 2.75) is 123 Å². The molecular weight excluding hydrogens is 350 g/mol. The molecule has 28 heavy (non-hydrogen) atoms. The summed E-state index contributed by atoms with van der Waals surface area (Å²) < 4.78 is 2.00. The fourth-order valence-corrected chi connectivity index (χ4v) is 3.89. The van der Waals surface area contributed by atoms with Gasteiger partial charge in [-0.2, -0.15) is 4.57 Å². The first-order valence-corrected chi connectivity index (χ1v) is 11.6. The molecule has 1 aromatic heterocycles. The number of pyridine rings is 1. The van der Waals surface area contributed by atoms with Gasteiger partial charge in [0.25, 0.3) is 0 Å². The number of aliphatic hydroxyl groups excluding tert-OH is 2. The third-order valence-corrected chi connectivity index (χ3v) is 5.84. The van der Waals surface area contributed by atoms with Gasteiger partial charge in [0.1, 0.15) is 6.54 Å². The molecular formula is C24H44NO3+. The van der Waals surface area contributed by atoms with Crippen LogP contribution in [0.5, 0.6) is 5.75 Å². The Morgan fingerprint density at radius 2 is 1.18 bits per heavy atom. The van der Waals surface area contributed by atoms with Crippen LogP contribution in [0.4, 0.5) is 0 Å². The van der Waals surface area contributed by atoms with Crippen LogP contribution in [-0.2, 0) is 19.8 Å². The molecule has 1 aromatic rings. The lowest BCUT2D eigenvalue weighted by Gasteiger charge is -2.10. The molecule has 0 aliphatic carbocycles. The average Bonchev–Trinajstić information content (AvgIpc) is 2.71. The van der Waals surface area contributed by atoms with Crippen LogP contribution in [0.25, 0.3) is 0 Å². The lowest BCUT2D eigenvalue weighted by molar-refractivity contribution is -0.704. The van der Waals surface area contributed by atoms with Crippen molar-refractivity contribution < 1.29 is 19.9 Å². The zero-order valence-electron chi connectivity index (χ0n) is 18.4. The van der Waals surface area contributed by atoms with E-state index in [0.29, 0.717) is 11.1 Å². The Balaban J connectivity index is 2.08. The fourth-order valence-electron chi connectivity index (χ4n) is 3.89. The maximum absolute atomic E-state index is 10.2. The first kappa shape index (κ1) is 24.9. The lowest BCUT2D eigenvalue weighted by atomic mass is 10.0. The van der Waals surface area contributed by atoms with E-state index < -0.39 is 0 Å². The Bertz CT molecular complexity index is 531. The van der Waals surface area contributed by atoms with Gasteiger partial charge in [-0.05, 0) is 6.42 Å². The zero-order chi connectivity index (χ0) is 20.6. The summed E-state index contributed by atoms with van der Waals surface area (Å²) in [5, 5.41) is 29.0. The lowest BCUT2D eigenvalue weighted by Crippen LogP contribution is -2.38. The quantitative estimate of drug-likeness (QED) is 0.243. The predicted molar refractivity (Wildman–Crippen MR) is 115 cm³/mol. The summed E-state index contributed by atoms with van der Waals surface area (Å²) >= 11 is 0. The molecule has 1 rings (SSSR count). The van der Waals surface area contributed by atoms with Gasteiger partial charge >= 0.3 is 0 Å². The van der Waals surface area contributed by atoms with E-state index in [1.807, 2.05) is 17.7 Å². The molecule has 0 saturated heterocycles. The second-order valence-electron chi connectivity index (χ2n) is 8.17. The summed E-state index contributed by atoms with van der Waals surface area (Å²) in [4.78, 5) is 0. The molecule has 4 heteroatoms. The van der Waals surface area contributed by atoms with Gasteiger partial charge in [0.2, 0.25) is 5.69 Å². The predicted octanol–water partition coefficient (Wildman–Crippen LogP) is 5.45. The summed E-state index contributed by atoms with van der Waals surface area (Å²) in [5.41, 5.74) is 1.81. The van der Waals surface area contributed by atoms with E-state index >= 15 is 0 Å². The highest BCUT2D eigenvalue weighted by Crippen LogP contribution is 2.23. The number of hydrogen-bond acceptors (Lipinski definition) is 3. The molecule has 0 radical (unpaired) electrons. The van der Waals surface area contributed by atoms with E-state index in [1.54, 1.807) is 0 Å². The van der Waals surface area contributed by atoms with Crippen molar-refractivity contribution >= 4 is 0 Å². The minimum absolute atomic E-state index is 0.111. The monoisotopic (exact) mass is 394 g/mol. The van der Waals surface area contributed by atoms with Gasteiger partial charge in [-0.15, -0.1) is 0 Å². The maximum atomic E-state index is 10.2. The molecule has 3 N–H and O–H groups in total. The Kier molecular flexibility index (Phi) is 14.0. The summed E-state index contributed by atoms with van der Waals surface area (Å²) in [7, 11) is 0. The van der Waals surface area contributed by atoms with Gasteiger partial charge in [0, 0.05) is 18.9 Å². The highest BCUT2D eigenvalue weighted by Gasteiger charge is 2.19. The largest absolute Gasteiger partial charge is 0.502 e. The van der Waals surface area contributed by atoms with Crippen LogP contribution in [0.1, 0.15) is 114 Å². The molecule has 0 bridgehead atoms. The third-order valence-electron chi connectivity index (χ3n) is 5.84. The van der Waals surface area contributed by atoms with Gasteiger partial charge in [-0.25, -0.2) is 0 Å². The number of hydrogen-bond donors (Lipinski definition) is 3. The Labute approximate surface area is 172 Å². The molecule has 0 aliphatic rings. The van der Waals surface area contributed by atoms with Crippen molar-refractivity contribution in [3.8, 4) is 5.75 Å². The summed E-state index contributed by atoms with van der Waals surface area (Å²) in [6.45, 7) is 4.56. The van der Waals surface area contributed by atoms with Gasteiger partial charge in [-0.1, -0.05) is 84.0 Å². The van der Waals surface area contributed by atoms with Crippen molar-refractivity contribution in [2.24, 2.45) is 0 Å². The van der Waals surface area contributed by atoms with Gasteiger partial charge in [0.15, 0.2) is 11.9 Å². The van der Waals surface area contributed by atoms with Crippen LogP contribution in [0.3, 0.4) is 0 Å². The van der Waals surface area contributed by atoms with Crippen LogP contribution >= 0.6 is 0 Å². The van der Waals surface area contributed by atoms with Crippen LogP contribution in [0.15, 0.2) is 6.20 Å². The zero-order valence-corrected chi connectivity index (χ0v) is 18.4. The number of aliphatic hydroxyl groups is 2. The molecule has 0 unspecified atom stereocenters. The first-order chi connectivity index (χ1) is 13.7. The number of aromatic nitrogens is 1. The Hall–Kier alpha value is -1.13. The van der Waals surface area contributed by atoms with Crippen LogP contribution < -0.4 is 4.57 Å². The third kappa shape index (κ3) is 9.38. The standard InChI is InChI=1S/C24H43NO3/c1-3-4-5-6-7-8-9-10-11-12-13-14-15-16-17-25-18-22(19-26)23(20-27)24(28)21(25)2/h18,26-27H,3-17,19-20H2,1-2H3/p+1. The number of aryl methyl sites for hydroxylation is 1. The topological polar surface area (TPSA) is 64.6 Å². The van der Waals surface area contributed by atoms with E-state index in [4.69, 9.17) is 0 Å². The molecule has 0 atom stereocenters. The SMILES string of the molecule is CCCCCCCCCCCCCCCC[n+]1cc(CO)c(CO)c(O)c1C. The first-order valence-electron chi connectivity index (χ1n) is 11.6. The van der Waals surface area contributed by atoms with E-state index in [9.17, 15) is 15.3 Å². The highest BCUT2D eigenvalue weighted by atomic mass is 16.3. The minimum atomic E-state index is -0.248. The summed E-state index contributed by atoms with van der Waals surface area (Å²) in [6, 6.07) is 0. The van der Waals surface area contributed by atoms with Gasteiger partial charge < -0.3 is 15.3 Å². The molecule has 1 heterocycles. The molecule has 0 fully saturated rings. The molecule has 0 aliphatic heterocycles. The molecule has 0 saturated carbocycles. The number of unbranched alkanes of at least 4 members (excludes halogenated alkanes) is 13. The number of nitrogens with zero attached hydrogens (tertiary/aromatic N) is 1. The molecule has 0 spiro atoms. The summed E-state index contributed by atoms with van der Waals surface area (Å²) in [6.07, 6.45) is 20.6. The van der Waals surface area contributed by atoms with E-state index in [1.165, 1.54) is 83.5 Å². The van der Waals surface area contributed by atoms with Gasteiger partial charge in [0.05, 0.1) is 18.8 Å². The van der Waals surface area contributed by atoms with Crippen molar-refractivity contribution in [1.82, 2.24) is 0 Å². The second-order valence-corrected chi connectivity index (χ2v) is 8.17. The number of rotatable bonds is 17. The van der Waals surface area contributed by atoms with E-state index in [2.05, 4.69) is 6.92 Å². The normalized spacial score (nSPS) is 11.3. The molecule has 0 amide bonds. The highest BCUT2D eigenvalue weighted by molar-refractivity contribution is 5.37.